The summed E-state index contributed by atoms with van der Waals surface area (Å²) in [6.07, 6.45) is 4.55. The van der Waals surface area contributed by atoms with Crippen LogP contribution in [0.15, 0.2) is 35.3 Å². The van der Waals surface area contributed by atoms with Gasteiger partial charge in [-0.25, -0.2) is 0 Å². The maximum atomic E-state index is 12.3. The first kappa shape index (κ1) is 17.3. The van der Waals surface area contributed by atoms with Crippen LogP contribution >= 0.6 is 0 Å². The number of para-hydroxylation sites is 1. The van der Waals surface area contributed by atoms with Crippen LogP contribution in [0.2, 0.25) is 0 Å². The molecule has 0 bridgehead atoms. The second-order valence-electron chi connectivity index (χ2n) is 7.72. The number of hydrogen-bond donors (Lipinski definition) is 2. The molecule has 2 unspecified atom stereocenters. The summed E-state index contributed by atoms with van der Waals surface area (Å²) in [5.74, 6) is 1.67. The predicted molar refractivity (Wildman–Crippen MR) is 104 cm³/mol. The fourth-order valence-corrected chi connectivity index (χ4v) is 4.09. The zero-order valence-electron chi connectivity index (χ0n) is 15.5. The van der Waals surface area contributed by atoms with Crippen molar-refractivity contribution in [3.05, 3.63) is 30.3 Å². The van der Waals surface area contributed by atoms with E-state index in [1.54, 1.807) is 7.05 Å². The van der Waals surface area contributed by atoms with Crippen molar-refractivity contribution in [2.75, 3.05) is 38.1 Å². The van der Waals surface area contributed by atoms with Crippen molar-refractivity contribution in [1.82, 2.24) is 15.5 Å². The Balaban J connectivity index is 1.25. The third-order valence-electron chi connectivity index (χ3n) is 5.70. The van der Waals surface area contributed by atoms with E-state index >= 15 is 0 Å². The SMILES string of the molecule is CN=C(NCC1CCN(C2CC2)C1)NC1CC(=O)N(c2ccccc2)C1. The van der Waals surface area contributed by atoms with Crippen molar-refractivity contribution >= 4 is 17.6 Å². The fraction of sp³-hybridized carbons (Fsp3) is 0.600. The maximum absolute atomic E-state index is 12.3. The number of anilines is 1. The molecule has 1 aliphatic carbocycles. The third-order valence-corrected chi connectivity index (χ3v) is 5.70. The van der Waals surface area contributed by atoms with Gasteiger partial charge >= 0.3 is 0 Å². The van der Waals surface area contributed by atoms with Crippen LogP contribution in [-0.2, 0) is 4.79 Å². The number of guanidine groups is 1. The van der Waals surface area contributed by atoms with Gasteiger partial charge < -0.3 is 20.4 Å². The molecular weight excluding hydrogens is 326 g/mol. The number of carbonyl (C=O) groups is 1. The van der Waals surface area contributed by atoms with E-state index in [-0.39, 0.29) is 11.9 Å². The zero-order valence-corrected chi connectivity index (χ0v) is 15.5. The lowest BCUT2D eigenvalue weighted by atomic mass is 10.1. The van der Waals surface area contributed by atoms with Crippen molar-refractivity contribution in [3.8, 4) is 0 Å². The van der Waals surface area contributed by atoms with Crippen molar-refractivity contribution in [2.45, 2.75) is 37.8 Å². The van der Waals surface area contributed by atoms with Gasteiger partial charge in [0.1, 0.15) is 0 Å². The average Bonchev–Trinajstić information content (AvgIpc) is 3.30. The van der Waals surface area contributed by atoms with Crippen molar-refractivity contribution in [3.63, 3.8) is 0 Å². The van der Waals surface area contributed by atoms with Crippen molar-refractivity contribution < 1.29 is 4.79 Å². The van der Waals surface area contributed by atoms with E-state index in [9.17, 15) is 4.79 Å². The number of nitrogens with zero attached hydrogens (tertiary/aromatic N) is 3. The molecule has 3 fully saturated rings. The minimum Gasteiger partial charge on any atom is -0.356 e. The Morgan fingerprint density at radius 2 is 2.00 bits per heavy atom. The molecule has 2 saturated heterocycles. The second-order valence-corrected chi connectivity index (χ2v) is 7.72. The number of hydrogen-bond acceptors (Lipinski definition) is 3. The molecule has 1 amide bonds. The second kappa shape index (κ2) is 7.66. The van der Waals surface area contributed by atoms with E-state index in [0.29, 0.717) is 18.9 Å². The Morgan fingerprint density at radius 3 is 2.73 bits per heavy atom. The van der Waals surface area contributed by atoms with Crippen LogP contribution in [-0.4, -0.2) is 62.1 Å². The molecule has 2 atom stereocenters. The van der Waals surface area contributed by atoms with Crippen LogP contribution in [0.25, 0.3) is 0 Å². The summed E-state index contributed by atoms with van der Waals surface area (Å²) in [5.41, 5.74) is 0.968. The van der Waals surface area contributed by atoms with Gasteiger partial charge in [-0.2, -0.15) is 0 Å². The molecule has 1 aromatic rings. The smallest absolute Gasteiger partial charge is 0.229 e. The van der Waals surface area contributed by atoms with Crippen LogP contribution < -0.4 is 15.5 Å². The molecular formula is C20H29N5O. The van der Waals surface area contributed by atoms with Gasteiger partial charge in [0.2, 0.25) is 5.91 Å². The Bertz CT molecular complexity index is 657. The fourth-order valence-electron chi connectivity index (χ4n) is 4.09. The van der Waals surface area contributed by atoms with E-state index in [0.717, 1.165) is 24.2 Å². The van der Waals surface area contributed by atoms with E-state index in [4.69, 9.17) is 0 Å². The molecule has 3 aliphatic rings. The molecule has 0 spiro atoms. The molecule has 26 heavy (non-hydrogen) atoms. The summed E-state index contributed by atoms with van der Waals surface area (Å²) < 4.78 is 0. The van der Waals surface area contributed by atoms with Crippen LogP contribution in [0.1, 0.15) is 25.7 Å². The van der Waals surface area contributed by atoms with Gasteiger partial charge in [-0.15, -0.1) is 0 Å². The molecule has 0 aromatic heterocycles. The Labute approximate surface area is 155 Å². The monoisotopic (exact) mass is 355 g/mol. The van der Waals surface area contributed by atoms with Crippen LogP contribution in [0.4, 0.5) is 5.69 Å². The average molecular weight is 355 g/mol. The van der Waals surface area contributed by atoms with Gasteiger partial charge in [0.25, 0.3) is 0 Å². The lowest BCUT2D eigenvalue weighted by Crippen LogP contribution is -2.46. The van der Waals surface area contributed by atoms with Crippen LogP contribution in [0.3, 0.4) is 0 Å². The molecule has 1 saturated carbocycles. The molecule has 6 heteroatoms. The van der Waals surface area contributed by atoms with Gasteiger partial charge in [-0.1, -0.05) is 18.2 Å². The lowest BCUT2D eigenvalue weighted by Gasteiger charge is -2.20. The van der Waals surface area contributed by atoms with Crippen molar-refractivity contribution in [2.24, 2.45) is 10.9 Å². The Morgan fingerprint density at radius 1 is 1.19 bits per heavy atom. The summed E-state index contributed by atoms with van der Waals surface area (Å²) >= 11 is 0. The number of benzene rings is 1. The summed E-state index contributed by atoms with van der Waals surface area (Å²) in [6.45, 7) is 4.08. The zero-order chi connectivity index (χ0) is 17.9. The van der Waals surface area contributed by atoms with Gasteiger partial charge in [-0.05, 0) is 43.9 Å². The van der Waals surface area contributed by atoms with Crippen molar-refractivity contribution in [1.29, 1.82) is 0 Å². The van der Waals surface area contributed by atoms with Gasteiger partial charge in [0.15, 0.2) is 5.96 Å². The number of amides is 1. The number of nitrogens with one attached hydrogen (secondary N) is 2. The first-order valence-corrected chi connectivity index (χ1v) is 9.79. The summed E-state index contributed by atoms with van der Waals surface area (Å²) in [5, 5.41) is 6.90. The topological polar surface area (TPSA) is 60.0 Å². The van der Waals surface area contributed by atoms with Gasteiger partial charge in [0.05, 0.1) is 6.04 Å². The molecule has 1 aromatic carbocycles. The summed E-state index contributed by atoms with van der Waals surface area (Å²) in [4.78, 5) is 21.2. The molecule has 2 N–H and O–H groups in total. The molecule has 4 rings (SSSR count). The summed E-state index contributed by atoms with van der Waals surface area (Å²) in [7, 11) is 1.80. The molecule has 6 nitrogen and oxygen atoms in total. The predicted octanol–water partition coefficient (Wildman–Crippen LogP) is 1.44. The highest BCUT2D eigenvalue weighted by atomic mass is 16.2. The normalized spacial score (nSPS) is 27.2. The largest absolute Gasteiger partial charge is 0.356 e. The van der Waals surface area contributed by atoms with E-state index in [2.05, 4.69) is 20.5 Å². The number of likely N-dealkylation sites (tertiary alicyclic amines) is 1. The Hall–Kier alpha value is -2.08. The molecule has 140 valence electrons. The van der Waals surface area contributed by atoms with Gasteiger partial charge in [-0.3, -0.25) is 9.79 Å². The molecule has 2 aliphatic heterocycles. The quantitative estimate of drug-likeness (QED) is 0.620. The number of rotatable bonds is 5. The number of carbonyl (C=O) groups excluding carboxylic acids is 1. The van der Waals surface area contributed by atoms with E-state index < -0.39 is 0 Å². The standard InChI is InChI=1S/C20H29N5O/c1-21-20(22-12-15-9-10-24(13-15)17-7-8-17)23-16-11-19(26)25(14-16)18-5-3-2-4-6-18/h2-6,15-17H,7-14H2,1H3,(H2,21,22,23). The number of aliphatic imine (C=N–C) groups is 1. The first-order chi connectivity index (χ1) is 12.7. The highest BCUT2D eigenvalue weighted by Gasteiger charge is 2.34. The lowest BCUT2D eigenvalue weighted by molar-refractivity contribution is -0.117. The van der Waals surface area contributed by atoms with E-state index in [1.807, 2.05) is 35.2 Å². The highest BCUT2D eigenvalue weighted by Crippen LogP contribution is 2.31. The highest BCUT2D eigenvalue weighted by molar-refractivity contribution is 5.97. The minimum atomic E-state index is 0.0976. The summed E-state index contributed by atoms with van der Waals surface area (Å²) in [6, 6.07) is 10.8. The third kappa shape index (κ3) is 4.01. The minimum absolute atomic E-state index is 0.0976. The molecule has 2 heterocycles. The van der Waals surface area contributed by atoms with Gasteiger partial charge in [0, 0.05) is 44.8 Å². The maximum Gasteiger partial charge on any atom is 0.229 e. The van der Waals surface area contributed by atoms with Crippen LogP contribution in [0, 0.1) is 5.92 Å². The molecule has 0 radical (unpaired) electrons. The first-order valence-electron chi connectivity index (χ1n) is 9.79. The van der Waals surface area contributed by atoms with E-state index in [1.165, 1.54) is 32.4 Å². The van der Waals surface area contributed by atoms with Crippen LogP contribution in [0.5, 0.6) is 0 Å². The Kier molecular flexibility index (Phi) is 5.11.